The van der Waals surface area contributed by atoms with Gasteiger partial charge in [-0.2, -0.15) is 5.10 Å². The van der Waals surface area contributed by atoms with Crippen LogP contribution in [0.3, 0.4) is 0 Å². The molecule has 2 heterocycles. The molecule has 2 N–H and O–H groups in total. The van der Waals surface area contributed by atoms with Crippen molar-refractivity contribution in [1.82, 2.24) is 20.4 Å². The van der Waals surface area contributed by atoms with Crippen LogP contribution in [0.25, 0.3) is 11.3 Å². The van der Waals surface area contributed by atoms with E-state index in [0.29, 0.717) is 24.2 Å². The second kappa shape index (κ2) is 8.79. The molecular weight excluding hydrogens is 396 g/mol. The molecule has 1 amide bonds. The van der Waals surface area contributed by atoms with Crippen LogP contribution in [0.15, 0.2) is 34.8 Å². The largest absolute Gasteiger partial charge is 0.379 e. The molecule has 1 saturated heterocycles. The number of ether oxygens (including phenoxy) is 1. The molecule has 2 aromatic rings. The average Bonchev–Trinajstić information content (AvgIpc) is 3.13. The van der Waals surface area contributed by atoms with Gasteiger partial charge in [0.15, 0.2) is 0 Å². The molecule has 1 aliphatic heterocycles. The third-order valence-corrected chi connectivity index (χ3v) is 5.25. The first-order valence-electron chi connectivity index (χ1n) is 8.96. The van der Waals surface area contributed by atoms with E-state index in [0.717, 1.165) is 42.0 Å². The molecule has 1 atom stereocenters. The maximum atomic E-state index is 12.5. The minimum Gasteiger partial charge on any atom is -0.379 e. The van der Waals surface area contributed by atoms with Gasteiger partial charge in [-0.3, -0.25) is 14.8 Å². The van der Waals surface area contributed by atoms with E-state index in [1.807, 2.05) is 24.3 Å². The van der Waals surface area contributed by atoms with Crippen LogP contribution >= 0.6 is 15.9 Å². The number of hydrogen-bond donors (Lipinski definition) is 2. The first-order chi connectivity index (χ1) is 12.5. The van der Waals surface area contributed by atoms with Crippen LogP contribution in [0.1, 0.15) is 24.3 Å². The van der Waals surface area contributed by atoms with Crippen molar-refractivity contribution in [2.24, 2.45) is 5.92 Å². The van der Waals surface area contributed by atoms with Crippen molar-refractivity contribution < 1.29 is 9.53 Å². The van der Waals surface area contributed by atoms with Gasteiger partial charge in [-0.1, -0.05) is 41.9 Å². The van der Waals surface area contributed by atoms with Crippen molar-refractivity contribution in [3.63, 3.8) is 0 Å². The predicted octanol–water partition coefficient (Wildman–Crippen LogP) is 2.93. The Labute approximate surface area is 162 Å². The molecule has 0 aliphatic carbocycles. The molecule has 0 radical (unpaired) electrons. The van der Waals surface area contributed by atoms with Crippen LogP contribution in [0.2, 0.25) is 0 Å². The molecule has 26 heavy (non-hydrogen) atoms. The van der Waals surface area contributed by atoms with Gasteiger partial charge in [0.1, 0.15) is 5.69 Å². The summed E-state index contributed by atoms with van der Waals surface area (Å²) >= 11 is 3.42. The second-order valence-corrected chi connectivity index (χ2v) is 7.76. The zero-order chi connectivity index (χ0) is 18.5. The van der Waals surface area contributed by atoms with Crippen molar-refractivity contribution in [2.75, 3.05) is 32.8 Å². The Morgan fingerprint density at radius 2 is 2.00 bits per heavy atom. The number of halogens is 1. The van der Waals surface area contributed by atoms with Gasteiger partial charge in [0.2, 0.25) is 0 Å². The summed E-state index contributed by atoms with van der Waals surface area (Å²) in [6.45, 7) is 8.33. The fourth-order valence-corrected chi connectivity index (χ4v) is 3.46. The van der Waals surface area contributed by atoms with Gasteiger partial charge in [0.25, 0.3) is 5.91 Å². The lowest BCUT2D eigenvalue weighted by Gasteiger charge is -2.36. The van der Waals surface area contributed by atoms with Crippen LogP contribution in [-0.4, -0.2) is 59.9 Å². The smallest absolute Gasteiger partial charge is 0.269 e. The number of aromatic amines is 1. The molecule has 0 spiro atoms. The van der Waals surface area contributed by atoms with E-state index < -0.39 is 0 Å². The van der Waals surface area contributed by atoms with Crippen molar-refractivity contribution >= 4 is 21.8 Å². The molecule has 140 valence electrons. The average molecular weight is 421 g/mol. The number of morpholine rings is 1. The number of carbonyl (C=O) groups is 1. The highest BCUT2D eigenvalue weighted by molar-refractivity contribution is 9.10. The zero-order valence-electron chi connectivity index (χ0n) is 15.2. The number of H-pyrrole nitrogens is 1. The molecule has 7 heteroatoms. The molecule has 1 aliphatic rings. The first kappa shape index (κ1) is 19.1. The lowest BCUT2D eigenvalue weighted by atomic mass is 10.0. The molecule has 6 nitrogen and oxygen atoms in total. The van der Waals surface area contributed by atoms with E-state index in [1.165, 1.54) is 0 Å². The summed E-state index contributed by atoms with van der Waals surface area (Å²) in [7, 11) is 0. The van der Waals surface area contributed by atoms with Gasteiger partial charge in [-0.25, -0.2) is 0 Å². The molecular formula is C19H25BrN4O2. The van der Waals surface area contributed by atoms with Crippen molar-refractivity contribution in [1.29, 1.82) is 0 Å². The second-order valence-electron chi connectivity index (χ2n) is 6.84. The third-order valence-electron chi connectivity index (χ3n) is 4.72. The number of benzene rings is 1. The van der Waals surface area contributed by atoms with Crippen LogP contribution in [0.4, 0.5) is 0 Å². The van der Waals surface area contributed by atoms with Crippen LogP contribution in [0.5, 0.6) is 0 Å². The minimum atomic E-state index is -0.125. The standard InChI is InChI=1S/C19H25BrN4O2/c1-13(2)18(24-7-9-26-10-8-24)12-21-19(25)17-11-16(22-23-17)14-3-5-15(20)6-4-14/h3-6,11,13,18H,7-10,12H2,1-2H3,(H,21,25)(H,22,23). The van der Waals surface area contributed by atoms with Gasteiger partial charge in [-0.05, 0) is 24.1 Å². The Bertz CT molecular complexity index is 723. The maximum Gasteiger partial charge on any atom is 0.269 e. The highest BCUT2D eigenvalue weighted by Crippen LogP contribution is 2.20. The maximum absolute atomic E-state index is 12.5. The van der Waals surface area contributed by atoms with Crippen molar-refractivity contribution in [3.05, 3.63) is 40.5 Å². The normalized spacial score (nSPS) is 16.6. The van der Waals surface area contributed by atoms with E-state index in [2.05, 4.69) is 50.2 Å². The van der Waals surface area contributed by atoms with Gasteiger partial charge >= 0.3 is 0 Å². The topological polar surface area (TPSA) is 70.2 Å². The van der Waals surface area contributed by atoms with E-state index in [-0.39, 0.29) is 5.91 Å². The first-order valence-corrected chi connectivity index (χ1v) is 9.75. The molecule has 1 unspecified atom stereocenters. The van der Waals surface area contributed by atoms with E-state index in [1.54, 1.807) is 6.07 Å². The van der Waals surface area contributed by atoms with Gasteiger partial charge in [0, 0.05) is 35.7 Å². The van der Waals surface area contributed by atoms with E-state index in [4.69, 9.17) is 4.74 Å². The fourth-order valence-electron chi connectivity index (χ4n) is 3.19. The Kier molecular flexibility index (Phi) is 6.45. The van der Waals surface area contributed by atoms with Crippen LogP contribution in [-0.2, 0) is 4.74 Å². The van der Waals surface area contributed by atoms with E-state index in [9.17, 15) is 4.79 Å². The molecule has 1 aromatic heterocycles. The number of aromatic nitrogens is 2. The summed E-state index contributed by atoms with van der Waals surface area (Å²) in [5.74, 6) is 0.327. The molecule has 1 aromatic carbocycles. The Morgan fingerprint density at radius 3 is 2.65 bits per heavy atom. The number of carbonyl (C=O) groups excluding carboxylic acids is 1. The Morgan fingerprint density at radius 1 is 1.31 bits per heavy atom. The highest BCUT2D eigenvalue weighted by Gasteiger charge is 2.24. The molecule has 0 bridgehead atoms. The van der Waals surface area contributed by atoms with Gasteiger partial charge in [-0.15, -0.1) is 0 Å². The number of nitrogens with one attached hydrogen (secondary N) is 2. The number of rotatable bonds is 6. The molecule has 3 rings (SSSR count). The third kappa shape index (κ3) is 4.72. The minimum absolute atomic E-state index is 0.125. The lowest BCUT2D eigenvalue weighted by Crippen LogP contribution is -2.51. The number of amides is 1. The van der Waals surface area contributed by atoms with Crippen molar-refractivity contribution in [3.8, 4) is 11.3 Å². The molecule has 0 saturated carbocycles. The Balaban J connectivity index is 1.61. The summed E-state index contributed by atoms with van der Waals surface area (Å²) in [6, 6.07) is 9.94. The Hall–Kier alpha value is -1.70. The highest BCUT2D eigenvalue weighted by atomic mass is 79.9. The summed E-state index contributed by atoms with van der Waals surface area (Å²) in [6.07, 6.45) is 0. The zero-order valence-corrected chi connectivity index (χ0v) is 16.8. The SMILES string of the molecule is CC(C)C(CNC(=O)c1cc(-c2ccc(Br)cc2)n[nH]1)N1CCOCC1. The fraction of sp³-hybridized carbons (Fsp3) is 0.474. The van der Waals surface area contributed by atoms with Crippen molar-refractivity contribution in [2.45, 2.75) is 19.9 Å². The monoisotopic (exact) mass is 420 g/mol. The summed E-state index contributed by atoms with van der Waals surface area (Å²) < 4.78 is 6.44. The van der Waals surface area contributed by atoms with Crippen LogP contribution in [0, 0.1) is 5.92 Å². The van der Waals surface area contributed by atoms with Gasteiger partial charge in [0.05, 0.1) is 18.9 Å². The summed E-state index contributed by atoms with van der Waals surface area (Å²) in [4.78, 5) is 14.9. The van der Waals surface area contributed by atoms with Gasteiger partial charge < -0.3 is 10.1 Å². The predicted molar refractivity (Wildman–Crippen MR) is 105 cm³/mol. The quantitative estimate of drug-likeness (QED) is 0.753. The number of nitrogens with zero attached hydrogens (tertiary/aromatic N) is 2. The van der Waals surface area contributed by atoms with E-state index >= 15 is 0 Å². The van der Waals surface area contributed by atoms with Crippen LogP contribution < -0.4 is 5.32 Å². The summed E-state index contributed by atoms with van der Waals surface area (Å²) in [5.41, 5.74) is 2.21. The lowest BCUT2D eigenvalue weighted by molar-refractivity contribution is 0.00671. The molecule has 1 fully saturated rings. The summed E-state index contributed by atoms with van der Waals surface area (Å²) in [5, 5.41) is 10.2. The number of hydrogen-bond acceptors (Lipinski definition) is 4.